The zero-order chi connectivity index (χ0) is 44.9. The minimum absolute atomic E-state index is 0.000556. The highest BCUT2D eigenvalue weighted by molar-refractivity contribution is 9.10. The number of hydrogen-bond acceptors (Lipinski definition) is 8. The van der Waals surface area contributed by atoms with Crippen molar-refractivity contribution in [3.63, 3.8) is 0 Å². The zero-order valence-corrected chi connectivity index (χ0v) is 36.3. The maximum atomic E-state index is 13.9. The Morgan fingerprint density at radius 2 is 1.15 bits per heavy atom. The molecule has 3 aromatic carbocycles. The van der Waals surface area contributed by atoms with Crippen LogP contribution in [-0.4, -0.2) is 54.7 Å². The lowest BCUT2D eigenvalue weighted by atomic mass is 9.80. The van der Waals surface area contributed by atoms with E-state index in [2.05, 4.69) is 41.6 Å². The molecule has 320 valence electrons. The summed E-state index contributed by atoms with van der Waals surface area (Å²) in [6.07, 6.45) is 0. The van der Waals surface area contributed by atoms with Gasteiger partial charge in [0, 0.05) is 41.1 Å². The van der Waals surface area contributed by atoms with Crippen LogP contribution in [0.1, 0.15) is 50.2 Å². The van der Waals surface area contributed by atoms with E-state index >= 15 is 0 Å². The predicted molar refractivity (Wildman–Crippen MR) is 222 cm³/mol. The molecule has 0 amide bonds. The fraction of sp³-hybridized carbons (Fsp3) is 0.333. The van der Waals surface area contributed by atoms with Gasteiger partial charge in [-0.2, -0.15) is 0 Å². The fourth-order valence-electron chi connectivity index (χ4n) is 4.89. The van der Waals surface area contributed by atoms with Crippen LogP contribution in [-0.2, 0) is 19.6 Å². The molecule has 0 saturated heterocycles. The molecule has 0 spiro atoms. The van der Waals surface area contributed by atoms with Gasteiger partial charge in [-0.1, -0.05) is 52.0 Å². The van der Waals surface area contributed by atoms with Gasteiger partial charge in [-0.25, -0.2) is 31.5 Å². The molecular formula is C39H44BBr2F5N4O8. The molecule has 59 heavy (non-hydrogen) atoms. The van der Waals surface area contributed by atoms with Crippen LogP contribution in [0.5, 0.6) is 5.75 Å². The van der Waals surface area contributed by atoms with Gasteiger partial charge in [0.05, 0.1) is 20.2 Å². The average molecular weight is 962 g/mol. The Bertz CT molecular complexity index is 2420. The molecule has 0 radical (unpaired) electrons. The van der Waals surface area contributed by atoms with Crippen LogP contribution >= 0.6 is 31.9 Å². The smallest absolute Gasteiger partial charge is 0.491 e. The second-order valence-electron chi connectivity index (χ2n) is 13.5. The fourth-order valence-corrected chi connectivity index (χ4v) is 5.63. The largest absolute Gasteiger partial charge is 0.494 e. The van der Waals surface area contributed by atoms with E-state index in [9.17, 15) is 41.1 Å². The van der Waals surface area contributed by atoms with Crippen LogP contribution in [0.15, 0.2) is 82.7 Å². The molecule has 0 atom stereocenters. The number of nitrogens with zero attached hydrogens (tertiary/aromatic N) is 3. The molecule has 5 aromatic rings. The summed E-state index contributed by atoms with van der Waals surface area (Å²) in [5.41, 5.74) is -2.29. The Morgan fingerprint density at radius 3 is 1.58 bits per heavy atom. The highest BCUT2D eigenvalue weighted by Gasteiger charge is 2.20. The van der Waals surface area contributed by atoms with Gasteiger partial charge >= 0.3 is 18.5 Å². The van der Waals surface area contributed by atoms with Crippen molar-refractivity contribution in [2.24, 2.45) is 11.8 Å². The van der Waals surface area contributed by atoms with Gasteiger partial charge in [-0.3, -0.25) is 28.3 Å². The molecule has 5 rings (SSSR count). The van der Waals surface area contributed by atoms with Crippen molar-refractivity contribution in [3.8, 4) is 5.75 Å². The molecule has 4 N–H and O–H groups in total. The van der Waals surface area contributed by atoms with Crippen molar-refractivity contribution >= 4 is 44.4 Å². The minimum Gasteiger partial charge on any atom is -0.494 e. The number of rotatable bonds is 9. The molecule has 0 aliphatic rings. The summed E-state index contributed by atoms with van der Waals surface area (Å²) in [6, 6.07) is 11.2. The summed E-state index contributed by atoms with van der Waals surface area (Å²) in [7, 11) is -0.494. The van der Waals surface area contributed by atoms with E-state index < -0.39 is 58.7 Å². The van der Waals surface area contributed by atoms with Crippen molar-refractivity contribution in [1.29, 1.82) is 0 Å². The Balaban J connectivity index is 0.000000299. The molecule has 2 aromatic heterocycles. The van der Waals surface area contributed by atoms with E-state index in [1.54, 1.807) is 6.92 Å². The maximum Gasteiger partial charge on any atom is 0.491 e. The van der Waals surface area contributed by atoms with E-state index in [1.807, 2.05) is 27.7 Å². The number of benzene rings is 3. The number of halogens is 7. The third-order valence-corrected chi connectivity index (χ3v) is 10.0. The number of nitrogens with one attached hydrogen (secondary N) is 1. The van der Waals surface area contributed by atoms with E-state index in [0.717, 1.165) is 33.4 Å². The first-order valence-corrected chi connectivity index (χ1v) is 19.3. The van der Waals surface area contributed by atoms with Crippen molar-refractivity contribution < 1.29 is 41.8 Å². The highest BCUT2D eigenvalue weighted by atomic mass is 79.9. The lowest BCUT2D eigenvalue weighted by Crippen LogP contribution is -2.42. The molecular weight excluding hydrogens is 918 g/mol. The molecule has 20 heteroatoms. The second-order valence-corrected chi connectivity index (χ2v) is 15.1. The van der Waals surface area contributed by atoms with Crippen LogP contribution in [0.3, 0.4) is 0 Å². The van der Waals surface area contributed by atoms with Gasteiger partial charge in [0.25, 0.3) is 11.1 Å². The lowest BCUT2D eigenvalue weighted by molar-refractivity contribution is 0.248. The third-order valence-electron chi connectivity index (χ3n) is 8.16. The average Bonchev–Trinajstić information content (AvgIpc) is 3.17. The Morgan fingerprint density at radius 1 is 0.712 bits per heavy atom. The molecule has 0 aliphatic carbocycles. The Labute approximate surface area is 353 Å². The summed E-state index contributed by atoms with van der Waals surface area (Å²) in [5, 5.41) is 25.5. The molecule has 2 heterocycles. The number of aromatic nitrogens is 4. The topological polar surface area (TPSA) is 169 Å². The van der Waals surface area contributed by atoms with Crippen LogP contribution < -0.4 is 32.7 Å². The van der Waals surface area contributed by atoms with Crippen LogP contribution in [0.25, 0.3) is 0 Å². The minimum atomic E-state index is -1.81. The molecule has 0 saturated carbocycles. The number of aliphatic hydroxyl groups is 1. The third kappa shape index (κ3) is 13.7. The molecule has 0 unspecified atom stereocenters. The summed E-state index contributed by atoms with van der Waals surface area (Å²) in [4.78, 5) is 49.9. The number of H-pyrrole nitrogens is 1. The number of aliphatic hydroxyl groups excluding tert-OH is 1. The van der Waals surface area contributed by atoms with E-state index in [4.69, 9.17) is 15.2 Å². The monoisotopic (exact) mass is 960 g/mol. The number of hydrogen-bond donors (Lipinski definition) is 4. The first-order valence-electron chi connectivity index (χ1n) is 17.7. The standard InChI is InChI=1S/C16H17BrF2N2O2.C12H9BrF2N2O2.C7H8BFO3.C4H10O/c1-9(2)7-21-15(22)14(17)10(3)20(16(21)23)8-11-12(18)5-4-6-13(11)19;1-6-10(13)11(18)16-12(19)17(6)5-7-8(14)3-2-4-9(7)15;1-12-6-4-2-3-5(7(6)9)8(10)11;1-4(2)3-5/h4-6,9H,7-8H2,1-3H3;2-4H,5H2,1H3,(H,16,18,19);2-4,10-11H,1H3;4-5H,3H2,1-2H3. The van der Waals surface area contributed by atoms with Gasteiger partial charge in [-0.05, 0) is 87.9 Å². The first kappa shape index (κ1) is 50.5. The molecule has 0 aliphatic heterocycles. The second kappa shape index (κ2) is 23.2. The van der Waals surface area contributed by atoms with E-state index in [1.165, 1.54) is 48.9 Å². The van der Waals surface area contributed by atoms with Gasteiger partial charge in [-0.15, -0.1) is 0 Å². The summed E-state index contributed by atoms with van der Waals surface area (Å²) in [5.74, 6) is -3.16. The SMILES string of the molecule is CC(C)CO.COc1cccc(B(O)O)c1F.Cc1c(Br)c(=O)[nH]c(=O)n1Cc1c(F)cccc1F.Cc1c(Br)c(=O)n(CC(C)C)c(=O)n1Cc1c(F)cccc1F. The van der Waals surface area contributed by atoms with Crippen molar-refractivity contribution in [2.75, 3.05) is 13.7 Å². The van der Waals surface area contributed by atoms with Gasteiger partial charge < -0.3 is 19.9 Å². The summed E-state index contributed by atoms with van der Waals surface area (Å²) < 4.78 is 76.3. The van der Waals surface area contributed by atoms with E-state index in [0.29, 0.717) is 23.9 Å². The normalized spacial score (nSPS) is 10.6. The van der Waals surface area contributed by atoms with Crippen LogP contribution in [0.4, 0.5) is 22.0 Å². The van der Waals surface area contributed by atoms with Gasteiger partial charge in [0.1, 0.15) is 32.2 Å². The quantitative estimate of drug-likeness (QED) is 0.116. The predicted octanol–water partition coefficient (Wildman–Crippen LogP) is 5.15. The van der Waals surface area contributed by atoms with Crippen molar-refractivity contribution in [1.82, 2.24) is 18.7 Å². The van der Waals surface area contributed by atoms with Crippen molar-refractivity contribution in [2.45, 2.75) is 61.2 Å². The van der Waals surface area contributed by atoms with Crippen molar-refractivity contribution in [3.05, 3.63) is 157 Å². The number of ether oxygens (including phenoxy) is 1. The lowest BCUT2D eigenvalue weighted by Gasteiger charge is -2.16. The first-order chi connectivity index (χ1) is 27.6. The van der Waals surface area contributed by atoms with Gasteiger partial charge in [0.2, 0.25) is 0 Å². The van der Waals surface area contributed by atoms with E-state index in [-0.39, 0.29) is 56.8 Å². The Kier molecular flexibility index (Phi) is 19.9. The summed E-state index contributed by atoms with van der Waals surface area (Å²) in [6.45, 7) is 10.7. The molecule has 0 fully saturated rings. The number of methoxy groups -OCH3 is 1. The molecule has 0 bridgehead atoms. The summed E-state index contributed by atoms with van der Waals surface area (Å²) >= 11 is 6.20. The highest BCUT2D eigenvalue weighted by Crippen LogP contribution is 2.18. The van der Waals surface area contributed by atoms with Crippen LogP contribution in [0.2, 0.25) is 0 Å². The van der Waals surface area contributed by atoms with Crippen LogP contribution in [0, 0.1) is 54.8 Å². The zero-order valence-electron chi connectivity index (χ0n) is 33.1. The number of aromatic amines is 1. The van der Waals surface area contributed by atoms with Gasteiger partial charge in [0.15, 0.2) is 11.6 Å². The Hall–Kier alpha value is -4.63. The molecule has 12 nitrogen and oxygen atoms in total. The maximum absolute atomic E-state index is 13.9.